The summed E-state index contributed by atoms with van der Waals surface area (Å²) >= 11 is 0. The molecular formula is C15H22O2. The summed E-state index contributed by atoms with van der Waals surface area (Å²) in [6.07, 6.45) is 6.17. The highest BCUT2D eigenvalue weighted by molar-refractivity contribution is 5.13. The van der Waals surface area contributed by atoms with Crippen LogP contribution in [0, 0.1) is 0 Å². The van der Waals surface area contributed by atoms with Crippen molar-refractivity contribution in [1.82, 2.24) is 0 Å². The number of hydrogen-bond donors (Lipinski definition) is 1. The number of ether oxygens (including phenoxy) is 1. The lowest BCUT2D eigenvalue weighted by Gasteiger charge is -2.21. The van der Waals surface area contributed by atoms with E-state index >= 15 is 0 Å². The van der Waals surface area contributed by atoms with Crippen molar-refractivity contribution in [3.05, 3.63) is 35.9 Å². The Kier molecular flexibility index (Phi) is 4.57. The Hall–Kier alpha value is -0.860. The van der Waals surface area contributed by atoms with Crippen LogP contribution in [0.5, 0.6) is 0 Å². The third-order valence-corrected chi connectivity index (χ3v) is 3.58. The molecule has 0 saturated heterocycles. The standard InChI is InChI=1S/C15H22O2/c16-15(9-4-5-10-15)11-6-12-17-13-14-7-2-1-3-8-14/h1-3,7-8,16H,4-6,9-13H2. The van der Waals surface area contributed by atoms with Gasteiger partial charge in [-0.1, -0.05) is 43.2 Å². The Labute approximate surface area is 104 Å². The third kappa shape index (κ3) is 4.14. The number of hydrogen-bond acceptors (Lipinski definition) is 2. The summed E-state index contributed by atoms with van der Waals surface area (Å²) in [5, 5.41) is 10.2. The zero-order valence-electron chi connectivity index (χ0n) is 10.4. The second-order valence-corrected chi connectivity index (χ2v) is 5.07. The van der Waals surface area contributed by atoms with Crippen LogP contribution in [-0.4, -0.2) is 17.3 Å². The molecule has 0 bridgehead atoms. The topological polar surface area (TPSA) is 29.5 Å². The average Bonchev–Trinajstić information content (AvgIpc) is 2.77. The van der Waals surface area contributed by atoms with E-state index in [0.29, 0.717) is 6.61 Å². The molecule has 0 radical (unpaired) electrons. The van der Waals surface area contributed by atoms with Crippen molar-refractivity contribution in [2.75, 3.05) is 6.61 Å². The summed E-state index contributed by atoms with van der Waals surface area (Å²) in [7, 11) is 0. The molecule has 0 spiro atoms. The smallest absolute Gasteiger partial charge is 0.0716 e. The zero-order chi connectivity index (χ0) is 12.0. The lowest BCUT2D eigenvalue weighted by Crippen LogP contribution is -2.24. The molecule has 2 rings (SSSR count). The summed E-state index contributed by atoms with van der Waals surface area (Å²) < 4.78 is 5.61. The molecule has 1 aromatic carbocycles. The van der Waals surface area contributed by atoms with Gasteiger partial charge in [0.25, 0.3) is 0 Å². The minimum atomic E-state index is -0.379. The van der Waals surface area contributed by atoms with Crippen LogP contribution in [0.25, 0.3) is 0 Å². The third-order valence-electron chi connectivity index (χ3n) is 3.58. The second-order valence-electron chi connectivity index (χ2n) is 5.07. The van der Waals surface area contributed by atoms with Crippen molar-refractivity contribution in [3.8, 4) is 0 Å². The number of benzene rings is 1. The van der Waals surface area contributed by atoms with Crippen molar-refractivity contribution in [2.45, 2.75) is 50.7 Å². The van der Waals surface area contributed by atoms with Gasteiger partial charge in [0.15, 0.2) is 0 Å². The molecule has 0 aliphatic heterocycles. The van der Waals surface area contributed by atoms with Crippen LogP contribution in [0.1, 0.15) is 44.1 Å². The van der Waals surface area contributed by atoms with Gasteiger partial charge in [0.1, 0.15) is 0 Å². The summed E-state index contributed by atoms with van der Waals surface area (Å²) in [5.74, 6) is 0. The van der Waals surface area contributed by atoms with Gasteiger partial charge >= 0.3 is 0 Å². The van der Waals surface area contributed by atoms with Gasteiger partial charge in [-0.05, 0) is 31.2 Å². The molecule has 1 aromatic rings. The maximum Gasteiger partial charge on any atom is 0.0716 e. The molecule has 2 nitrogen and oxygen atoms in total. The highest BCUT2D eigenvalue weighted by Crippen LogP contribution is 2.33. The Bertz CT molecular complexity index is 315. The minimum absolute atomic E-state index is 0.379. The molecule has 0 aromatic heterocycles. The van der Waals surface area contributed by atoms with E-state index in [0.717, 1.165) is 32.3 Å². The molecule has 0 amide bonds. The Morgan fingerprint density at radius 3 is 2.53 bits per heavy atom. The summed E-state index contributed by atoms with van der Waals surface area (Å²) in [5.41, 5.74) is 0.836. The largest absolute Gasteiger partial charge is 0.390 e. The zero-order valence-corrected chi connectivity index (χ0v) is 10.4. The molecule has 1 fully saturated rings. The summed E-state index contributed by atoms with van der Waals surface area (Å²) in [4.78, 5) is 0. The maximum absolute atomic E-state index is 10.2. The van der Waals surface area contributed by atoms with Gasteiger partial charge in [0.2, 0.25) is 0 Å². The van der Waals surface area contributed by atoms with Gasteiger partial charge < -0.3 is 9.84 Å². The van der Waals surface area contributed by atoms with Crippen LogP contribution in [0.2, 0.25) is 0 Å². The Balaban J connectivity index is 1.58. The molecule has 0 unspecified atom stereocenters. The van der Waals surface area contributed by atoms with E-state index in [4.69, 9.17) is 4.74 Å². The maximum atomic E-state index is 10.2. The molecule has 1 saturated carbocycles. The van der Waals surface area contributed by atoms with E-state index in [1.54, 1.807) is 0 Å². The van der Waals surface area contributed by atoms with Crippen molar-refractivity contribution < 1.29 is 9.84 Å². The first-order valence-corrected chi connectivity index (χ1v) is 6.63. The van der Waals surface area contributed by atoms with E-state index in [1.165, 1.54) is 18.4 Å². The molecule has 2 heteroatoms. The lowest BCUT2D eigenvalue weighted by atomic mass is 9.96. The molecule has 94 valence electrons. The monoisotopic (exact) mass is 234 g/mol. The Morgan fingerprint density at radius 1 is 1.12 bits per heavy atom. The molecule has 1 N–H and O–H groups in total. The first kappa shape index (κ1) is 12.6. The molecular weight excluding hydrogens is 212 g/mol. The SMILES string of the molecule is OC1(CCCOCc2ccccc2)CCCC1. The van der Waals surface area contributed by atoms with Crippen LogP contribution in [0.15, 0.2) is 30.3 Å². The van der Waals surface area contributed by atoms with Crippen LogP contribution >= 0.6 is 0 Å². The lowest BCUT2D eigenvalue weighted by molar-refractivity contribution is 0.0238. The van der Waals surface area contributed by atoms with Crippen molar-refractivity contribution >= 4 is 0 Å². The fourth-order valence-corrected chi connectivity index (χ4v) is 2.55. The molecule has 1 aliphatic carbocycles. The van der Waals surface area contributed by atoms with Crippen LogP contribution in [0.3, 0.4) is 0 Å². The van der Waals surface area contributed by atoms with Gasteiger partial charge in [-0.15, -0.1) is 0 Å². The van der Waals surface area contributed by atoms with E-state index in [2.05, 4.69) is 12.1 Å². The van der Waals surface area contributed by atoms with Gasteiger partial charge in [-0.3, -0.25) is 0 Å². The minimum Gasteiger partial charge on any atom is -0.390 e. The van der Waals surface area contributed by atoms with E-state index in [9.17, 15) is 5.11 Å². The van der Waals surface area contributed by atoms with E-state index < -0.39 is 0 Å². The molecule has 0 heterocycles. The fraction of sp³-hybridized carbons (Fsp3) is 0.600. The van der Waals surface area contributed by atoms with Gasteiger partial charge in [0, 0.05) is 6.61 Å². The van der Waals surface area contributed by atoms with Gasteiger partial charge in [0.05, 0.1) is 12.2 Å². The Morgan fingerprint density at radius 2 is 1.82 bits per heavy atom. The first-order valence-electron chi connectivity index (χ1n) is 6.63. The van der Waals surface area contributed by atoms with Crippen LogP contribution < -0.4 is 0 Å². The normalized spacial score (nSPS) is 18.4. The van der Waals surface area contributed by atoms with E-state index in [1.807, 2.05) is 18.2 Å². The van der Waals surface area contributed by atoms with E-state index in [-0.39, 0.29) is 5.60 Å². The highest BCUT2D eigenvalue weighted by atomic mass is 16.5. The van der Waals surface area contributed by atoms with Crippen LogP contribution in [0.4, 0.5) is 0 Å². The molecule has 0 atom stereocenters. The predicted octanol–water partition coefficient (Wildman–Crippen LogP) is 3.29. The van der Waals surface area contributed by atoms with Crippen molar-refractivity contribution in [1.29, 1.82) is 0 Å². The van der Waals surface area contributed by atoms with Crippen molar-refractivity contribution in [3.63, 3.8) is 0 Å². The summed E-state index contributed by atoms with van der Waals surface area (Å²) in [6.45, 7) is 1.43. The number of rotatable bonds is 6. The van der Waals surface area contributed by atoms with Crippen molar-refractivity contribution in [2.24, 2.45) is 0 Å². The fourth-order valence-electron chi connectivity index (χ4n) is 2.55. The molecule has 17 heavy (non-hydrogen) atoms. The second kappa shape index (κ2) is 6.18. The average molecular weight is 234 g/mol. The molecule has 1 aliphatic rings. The van der Waals surface area contributed by atoms with Gasteiger partial charge in [-0.2, -0.15) is 0 Å². The first-order chi connectivity index (χ1) is 8.29. The van der Waals surface area contributed by atoms with Crippen LogP contribution in [-0.2, 0) is 11.3 Å². The predicted molar refractivity (Wildman–Crippen MR) is 68.7 cm³/mol. The van der Waals surface area contributed by atoms with Gasteiger partial charge in [-0.25, -0.2) is 0 Å². The quantitative estimate of drug-likeness (QED) is 0.765. The highest BCUT2D eigenvalue weighted by Gasteiger charge is 2.29. The number of aliphatic hydroxyl groups is 1. The summed E-state index contributed by atoms with van der Waals surface area (Å²) in [6, 6.07) is 10.2.